The summed E-state index contributed by atoms with van der Waals surface area (Å²) in [4.78, 5) is 2.34. The second-order valence-corrected chi connectivity index (χ2v) is 5.34. The molecule has 0 aromatic heterocycles. The molecule has 1 saturated carbocycles. The van der Waals surface area contributed by atoms with Crippen molar-refractivity contribution in [1.82, 2.24) is 4.90 Å². The highest BCUT2D eigenvalue weighted by atomic mass is 15.2. The van der Waals surface area contributed by atoms with Crippen molar-refractivity contribution < 1.29 is 0 Å². The van der Waals surface area contributed by atoms with Gasteiger partial charge < -0.3 is 4.90 Å². The third-order valence-corrected chi connectivity index (χ3v) is 3.74. The fraction of sp³-hybridized carbons (Fsp3) is 0.917. The van der Waals surface area contributed by atoms with E-state index in [4.69, 9.17) is 5.41 Å². The van der Waals surface area contributed by atoms with Crippen molar-refractivity contribution in [3.63, 3.8) is 0 Å². The van der Waals surface area contributed by atoms with Crippen molar-refractivity contribution in [3.8, 4) is 0 Å². The Balaban J connectivity index is 1.98. The number of rotatable bonds is 1. The highest BCUT2D eigenvalue weighted by Crippen LogP contribution is 2.34. The van der Waals surface area contributed by atoms with Crippen molar-refractivity contribution in [2.24, 2.45) is 17.8 Å². The summed E-state index contributed by atoms with van der Waals surface area (Å²) in [7, 11) is 0. The molecule has 0 radical (unpaired) electrons. The number of likely N-dealkylation sites (tertiary alicyclic amines) is 1. The van der Waals surface area contributed by atoms with Gasteiger partial charge >= 0.3 is 0 Å². The Morgan fingerprint density at radius 2 is 1.79 bits per heavy atom. The summed E-state index contributed by atoms with van der Waals surface area (Å²) in [6, 6.07) is 0. The molecule has 0 aromatic carbocycles. The first-order chi connectivity index (χ1) is 6.66. The van der Waals surface area contributed by atoms with Gasteiger partial charge in [-0.15, -0.1) is 0 Å². The monoisotopic (exact) mass is 194 g/mol. The Hall–Kier alpha value is -0.530. The Labute approximate surface area is 87.2 Å². The first kappa shape index (κ1) is 10.0. The fourth-order valence-corrected chi connectivity index (χ4v) is 2.99. The maximum Gasteiger partial charge on any atom is 0.0984 e. The predicted octanol–water partition coefficient (Wildman–Crippen LogP) is 2.74. The van der Waals surface area contributed by atoms with Crippen molar-refractivity contribution >= 4 is 5.84 Å². The highest BCUT2D eigenvalue weighted by molar-refractivity contribution is 5.81. The molecule has 2 aliphatic rings. The maximum absolute atomic E-state index is 8.04. The van der Waals surface area contributed by atoms with Gasteiger partial charge in [0.15, 0.2) is 0 Å². The number of fused-ring (bicyclic) bond motifs is 2. The van der Waals surface area contributed by atoms with E-state index in [1.807, 2.05) is 0 Å². The Morgan fingerprint density at radius 3 is 2.29 bits per heavy atom. The average Bonchev–Trinajstić information content (AvgIpc) is 2.15. The van der Waals surface area contributed by atoms with Gasteiger partial charge in [0.2, 0.25) is 0 Å². The first-order valence-corrected chi connectivity index (χ1v) is 6.00. The van der Waals surface area contributed by atoms with Gasteiger partial charge in [-0.05, 0) is 31.1 Å². The zero-order valence-electron chi connectivity index (χ0n) is 9.42. The van der Waals surface area contributed by atoms with Crippen LogP contribution in [0.15, 0.2) is 0 Å². The van der Waals surface area contributed by atoms with Gasteiger partial charge in [-0.2, -0.15) is 0 Å². The van der Waals surface area contributed by atoms with E-state index >= 15 is 0 Å². The second-order valence-electron chi connectivity index (χ2n) is 5.34. The minimum Gasteiger partial charge on any atom is -0.360 e. The van der Waals surface area contributed by atoms with E-state index < -0.39 is 0 Å². The van der Waals surface area contributed by atoms with Crippen LogP contribution in [0.2, 0.25) is 0 Å². The lowest BCUT2D eigenvalue weighted by atomic mass is 9.77. The number of piperidine rings is 1. The molecule has 2 fully saturated rings. The van der Waals surface area contributed by atoms with Crippen LogP contribution in [0, 0.1) is 23.2 Å². The van der Waals surface area contributed by atoms with E-state index in [1.165, 1.54) is 25.7 Å². The SMILES string of the molecule is CC(C)C(=N)N1CC2CCCC(C2)C1. The van der Waals surface area contributed by atoms with Crippen molar-refractivity contribution in [2.45, 2.75) is 39.5 Å². The van der Waals surface area contributed by atoms with Gasteiger partial charge in [-0.3, -0.25) is 5.41 Å². The summed E-state index contributed by atoms with van der Waals surface area (Å²) in [5.74, 6) is 3.04. The van der Waals surface area contributed by atoms with E-state index in [0.29, 0.717) is 5.92 Å². The van der Waals surface area contributed by atoms with E-state index in [1.54, 1.807) is 0 Å². The largest absolute Gasteiger partial charge is 0.360 e. The van der Waals surface area contributed by atoms with Crippen molar-refractivity contribution in [2.75, 3.05) is 13.1 Å². The molecule has 14 heavy (non-hydrogen) atoms. The third kappa shape index (κ3) is 1.94. The smallest absolute Gasteiger partial charge is 0.0984 e. The number of nitrogens with zero attached hydrogens (tertiary/aromatic N) is 1. The summed E-state index contributed by atoms with van der Waals surface area (Å²) >= 11 is 0. The van der Waals surface area contributed by atoms with Crippen molar-refractivity contribution in [1.29, 1.82) is 5.41 Å². The van der Waals surface area contributed by atoms with E-state index in [0.717, 1.165) is 30.8 Å². The first-order valence-electron chi connectivity index (χ1n) is 6.00. The summed E-state index contributed by atoms with van der Waals surface area (Å²) in [5, 5.41) is 8.04. The summed E-state index contributed by atoms with van der Waals surface area (Å²) in [5.41, 5.74) is 0. The molecule has 1 heterocycles. The average molecular weight is 194 g/mol. The molecule has 2 atom stereocenters. The zero-order chi connectivity index (χ0) is 10.1. The molecule has 2 heteroatoms. The van der Waals surface area contributed by atoms with Crippen LogP contribution in [0.3, 0.4) is 0 Å². The van der Waals surface area contributed by atoms with Gasteiger partial charge in [0, 0.05) is 19.0 Å². The van der Waals surface area contributed by atoms with Crippen LogP contribution < -0.4 is 0 Å². The van der Waals surface area contributed by atoms with Crippen LogP contribution >= 0.6 is 0 Å². The van der Waals surface area contributed by atoms with Gasteiger partial charge in [-0.25, -0.2) is 0 Å². The molecule has 1 saturated heterocycles. The van der Waals surface area contributed by atoms with Gasteiger partial charge in [0.05, 0.1) is 5.84 Å². The normalized spacial score (nSPS) is 32.1. The van der Waals surface area contributed by atoms with E-state index in [-0.39, 0.29) is 0 Å². The topological polar surface area (TPSA) is 27.1 Å². The third-order valence-electron chi connectivity index (χ3n) is 3.74. The molecule has 0 aromatic rings. The highest BCUT2D eigenvalue weighted by Gasteiger charge is 2.31. The van der Waals surface area contributed by atoms with Crippen LogP contribution in [0.4, 0.5) is 0 Å². The lowest BCUT2D eigenvalue weighted by Gasteiger charge is -2.43. The summed E-state index contributed by atoms with van der Waals surface area (Å²) in [6.45, 7) is 6.58. The molecule has 2 nitrogen and oxygen atoms in total. The Bertz CT molecular complexity index is 210. The standard InChI is InChI=1S/C12H22N2/c1-9(2)12(13)14-7-10-4-3-5-11(6-10)8-14/h9-11,13H,3-8H2,1-2H3. The molecular formula is C12H22N2. The maximum atomic E-state index is 8.04. The van der Waals surface area contributed by atoms with Crippen LogP contribution in [0.25, 0.3) is 0 Å². The summed E-state index contributed by atoms with van der Waals surface area (Å²) in [6.07, 6.45) is 5.66. The zero-order valence-corrected chi connectivity index (χ0v) is 9.42. The summed E-state index contributed by atoms with van der Waals surface area (Å²) < 4.78 is 0. The number of hydrogen-bond donors (Lipinski definition) is 1. The van der Waals surface area contributed by atoms with Crippen LogP contribution in [0.5, 0.6) is 0 Å². The fourth-order valence-electron chi connectivity index (χ4n) is 2.99. The molecule has 1 aliphatic carbocycles. The predicted molar refractivity (Wildman–Crippen MR) is 59.6 cm³/mol. The Morgan fingerprint density at radius 1 is 1.21 bits per heavy atom. The van der Waals surface area contributed by atoms with Crippen LogP contribution in [-0.2, 0) is 0 Å². The van der Waals surface area contributed by atoms with Gasteiger partial charge in [-0.1, -0.05) is 20.3 Å². The number of amidine groups is 1. The van der Waals surface area contributed by atoms with Crippen LogP contribution in [-0.4, -0.2) is 23.8 Å². The Kier molecular flexibility index (Phi) is 2.80. The molecule has 2 rings (SSSR count). The van der Waals surface area contributed by atoms with Gasteiger partial charge in [0.25, 0.3) is 0 Å². The number of nitrogens with one attached hydrogen (secondary N) is 1. The number of hydrogen-bond acceptors (Lipinski definition) is 1. The molecule has 2 bridgehead atoms. The van der Waals surface area contributed by atoms with Crippen molar-refractivity contribution in [3.05, 3.63) is 0 Å². The van der Waals surface area contributed by atoms with E-state index in [2.05, 4.69) is 18.7 Å². The minimum atomic E-state index is 0.397. The molecular weight excluding hydrogens is 172 g/mol. The lowest BCUT2D eigenvalue weighted by molar-refractivity contribution is 0.132. The van der Waals surface area contributed by atoms with Crippen LogP contribution in [0.1, 0.15) is 39.5 Å². The molecule has 80 valence electrons. The molecule has 0 spiro atoms. The lowest BCUT2D eigenvalue weighted by Crippen LogP contribution is -2.46. The molecule has 0 amide bonds. The molecule has 2 unspecified atom stereocenters. The molecule has 1 N–H and O–H groups in total. The van der Waals surface area contributed by atoms with Gasteiger partial charge in [0.1, 0.15) is 0 Å². The quantitative estimate of drug-likeness (QED) is 0.504. The van der Waals surface area contributed by atoms with E-state index in [9.17, 15) is 0 Å². The second kappa shape index (κ2) is 3.92. The molecule has 1 aliphatic heterocycles. The minimum absolute atomic E-state index is 0.397.